The Morgan fingerprint density at radius 3 is 2.60 bits per heavy atom. The molecule has 0 spiro atoms. The van der Waals surface area contributed by atoms with Crippen molar-refractivity contribution in [3.63, 3.8) is 0 Å². The van der Waals surface area contributed by atoms with Crippen molar-refractivity contribution in [2.24, 2.45) is 0 Å². The van der Waals surface area contributed by atoms with Crippen LogP contribution in [0.4, 0.5) is 4.39 Å². The average Bonchev–Trinajstić information content (AvgIpc) is 2.82. The molecule has 35 heavy (non-hydrogen) atoms. The smallest absolute Gasteiger partial charge is 0.217 e. The first-order chi connectivity index (χ1) is 16.7. The minimum absolute atomic E-state index is 0.375. The van der Waals surface area contributed by atoms with Crippen molar-refractivity contribution in [2.75, 3.05) is 27.7 Å². The van der Waals surface area contributed by atoms with E-state index in [9.17, 15) is 9.50 Å². The van der Waals surface area contributed by atoms with Gasteiger partial charge < -0.3 is 14.7 Å². The van der Waals surface area contributed by atoms with Crippen LogP contribution in [0.15, 0.2) is 71.5 Å². The van der Waals surface area contributed by atoms with E-state index in [1.165, 1.54) is 12.1 Å². The summed E-state index contributed by atoms with van der Waals surface area (Å²) in [6, 6.07) is 16.1. The number of methoxy groups -OCH3 is 1. The quantitative estimate of drug-likeness (QED) is 0.307. The van der Waals surface area contributed by atoms with Gasteiger partial charge in [0, 0.05) is 45.8 Å². The fourth-order valence-corrected chi connectivity index (χ4v) is 4.93. The summed E-state index contributed by atoms with van der Waals surface area (Å²) >= 11 is 3.54. The number of halogens is 2. The summed E-state index contributed by atoms with van der Waals surface area (Å²) in [7, 11) is 5.48. The number of nitrogens with zero attached hydrogens (tertiary/aromatic N) is 3. The number of benzene rings is 2. The molecule has 0 saturated carbocycles. The van der Waals surface area contributed by atoms with Crippen LogP contribution in [0, 0.1) is 12.7 Å². The Bertz CT molecular complexity index is 1350. The van der Waals surface area contributed by atoms with Gasteiger partial charge in [-0.3, -0.25) is 4.98 Å². The zero-order chi connectivity index (χ0) is 25.2. The molecule has 5 nitrogen and oxygen atoms in total. The Kier molecular flexibility index (Phi) is 7.50. The van der Waals surface area contributed by atoms with Gasteiger partial charge in [-0.2, -0.15) is 0 Å². The van der Waals surface area contributed by atoms with Gasteiger partial charge in [-0.1, -0.05) is 34.1 Å². The van der Waals surface area contributed by atoms with E-state index in [0.717, 1.165) is 20.9 Å². The first-order valence-electron chi connectivity index (χ1n) is 11.4. The molecular weight excluding hydrogens is 509 g/mol. The minimum atomic E-state index is -1.42. The second-order valence-electron chi connectivity index (χ2n) is 9.14. The molecule has 4 rings (SSSR count). The normalized spacial score (nSPS) is 14.2. The Labute approximate surface area is 213 Å². The molecule has 0 fully saturated rings. The van der Waals surface area contributed by atoms with Crippen LogP contribution in [0.3, 0.4) is 0 Å². The zero-order valence-electron chi connectivity index (χ0n) is 20.3. The SMILES string of the molecule is COc1nc2ccc(Br)cc2cc1[C@@H](c1cccc(F)c1)[C@@](O)(CCN(C)C)c1cncc(C)c1. The molecule has 0 unspecified atom stereocenters. The molecule has 0 aliphatic carbocycles. The predicted molar refractivity (Wildman–Crippen MR) is 140 cm³/mol. The first-order valence-corrected chi connectivity index (χ1v) is 12.2. The van der Waals surface area contributed by atoms with Crippen molar-refractivity contribution in [1.29, 1.82) is 0 Å². The predicted octanol–water partition coefficient (Wildman–Crippen LogP) is 5.82. The number of pyridine rings is 2. The summed E-state index contributed by atoms with van der Waals surface area (Å²) in [5.41, 5.74) is 2.22. The molecule has 0 bridgehead atoms. The van der Waals surface area contributed by atoms with Gasteiger partial charge >= 0.3 is 0 Å². The standard InChI is InChI=1S/C28H29BrFN3O2/c1-18-12-21(17-31-16-18)28(34,10-11-33(2)3)26(19-6-5-7-23(30)14-19)24-15-20-13-22(29)8-9-25(20)32-27(24)35-4/h5-9,12-17,26,34H,10-11H2,1-4H3/t26-,28-/m1/s1. The highest BCUT2D eigenvalue weighted by Crippen LogP contribution is 2.47. The molecule has 0 aliphatic heterocycles. The maximum atomic E-state index is 14.5. The van der Waals surface area contributed by atoms with Gasteiger partial charge in [-0.25, -0.2) is 9.37 Å². The highest BCUT2D eigenvalue weighted by atomic mass is 79.9. The van der Waals surface area contributed by atoms with E-state index in [1.54, 1.807) is 25.6 Å². The van der Waals surface area contributed by atoms with Crippen molar-refractivity contribution < 1.29 is 14.2 Å². The monoisotopic (exact) mass is 537 g/mol. The number of fused-ring (bicyclic) bond motifs is 1. The molecule has 0 radical (unpaired) electrons. The molecule has 1 N–H and O–H groups in total. The van der Waals surface area contributed by atoms with E-state index in [-0.39, 0.29) is 5.82 Å². The Morgan fingerprint density at radius 2 is 1.91 bits per heavy atom. The topological polar surface area (TPSA) is 58.5 Å². The van der Waals surface area contributed by atoms with Crippen LogP contribution >= 0.6 is 15.9 Å². The van der Waals surface area contributed by atoms with Crippen molar-refractivity contribution in [2.45, 2.75) is 24.9 Å². The summed E-state index contributed by atoms with van der Waals surface area (Å²) in [4.78, 5) is 11.1. The van der Waals surface area contributed by atoms with Crippen molar-refractivity contribution in [1.82, 2.24) is 14.9 Å². The van der Waals surface area contributed by atoms with Crippen molar-refractivity contribution in [3.05, 3.63) is 99.5 Å². The number of rotatable bonds is 8. The van der Waals surface area contributed by atoms with Crippen molar-refractivity contribution >= 4 is 26.8 Å². The molecule has 0 saturated heterocycles. The highest BCUT2D eigenvalue weighted by molar-refractivity contribution is 9.10. The number of aryl methyl sites for hydroxylation is 1. The Hall–Kier alpha value is -2.87. The lowest BCUT2D eigenvalue weighted by Crippen LogP contribution is -2.38. The van der Waals surface area contributed by atoms with E-state index in [2.05, 4.69) is 20.9 Å². The zero-order valence-corrected chi connectivity index (χ0v) is 21.9. The number of aliphatic hydroxyl groups is 1. The summed E-state index contributed by atoms with van der Waals surface area (Å²) < 4.78 is 21.2. The van der Waals surface area contributed by atoms with E-state index < -0.39 is 11.5 Å². The molecular formula is C28H29BrFN3O2. The molecule has 4 aromatic rings. The van der Waals surface area contributed by atoms with Crippen molar-refractivity contribution in [3.8, 4) is 5.88 Å². The van der Waals surface area contributed by atoms with E-state index in [0.29, 0.717) is 35.5 Å². The number of ether oxygens (including phenoxy) is 1. The largest absolute Gasteiger partial charge is 0.481 e. The van der Waals surface area contributed by atoms with Crippen LogP contribution in [0.5, 0.6) is 5.88 Å². The summed E-state index contributed by atoms with van der Waals surface area (Å²) in [5, 5.41) is 13.5. The maximum Gasteiger partial charge on any atom is 0.217 e. The van der Waals surface area contributed by atoms with Crippen LogP contribution in [0.2, 0.25) is 0 Å². The first kappa shape index (κ1) is 25.2. The second kappa shape index (κ2) is 10.4. The molecule has 0 aliphatic rings. The summed E-state index contributed by atoms with van der Waals surface area (Å²) in [6.07, 6.45) is 3.82. The third-order valence-corrected chi connectivity index (χ3v) is 6.74. The van der Waals surface area contributed by atoms with Gasteiger partial charge in [0.2, 0.25) is 5.88 Å². The van der Waals surface area contributed by atoms with Gasteiger partial charge in [0.1, 0.15) is 11.4 Å². The lowest BCUT2D eigenvalue weighted by Gasteiger charge is -2.38. The third-order valence-electron chi connectivity index (χ3n) is 6.25. The van der Waals surface area contributed by atoms with Crippen LogP contribution in [-0.2, 0) is 5.60 Å². The van der Waals surface area contributed by atoms with E-state index in [4.69, 9.17) is 9.72 Å². The van der Waals surface area contributed by atoms with E-state index in [1.807, 2.05) is 62.3 Å². The molecule has 2 atom stereocenters. The maximum absolute atomic E-state index is 14.5. The molecule has 0 amide bonds. The Balaban J connectivity index is 2.04. The fourth-order valence-electron chi connectivity index (χ4n) is 4.56. The molecule has 2 heterocycles. The minimum Gasteiger partial charge on any atom is -0.481 e. The number of hydrogen-bond acceptors (Lipinski definition) is 5. The van der Waals surface area contributed by atoms with Crippen LogP contribution in [0.1, 0.15) is 34.6 Å². The molecule has 7 heteroatoms. The van der Waals surface area contributed by atoms with E-state index >= 15 is 0 Å². The van der Waals surface area contributed by atoms with Crippen LogP contribution in [0.25, 0.3) is 10.9 Å². The Morgan fingerprint density at radius 1 is 1.11 bits per heavy atom. The van der Waals surface area contributed by atoms with Gasteiger partial charge in [0.25, 0.3) is 0 Å². The average molecular weight is 538 g/mol. The van der Waals surface area contributed by atoms with Gasteiger partial charge in [0.05, 0.1) is 12.6 Å². The van der Waals surface area contributed by atoms with Crippen LogP contribution in [-0.4, -0.2) is 47.7 Å². The number of hydrogen-bond donors (Lipinski definition) is 1. The van der Waals surface area contributed by atoms with Gasteiger partial charge in [-0.05, 0) is 75.0 Å². The fraction of sp³-hybridized carbons (Fsp3) is 0.286. The third kappa shape index (κ3) is 5.37. The summed E-state index contributed by atoms with van der Waals surface area (Å²) in [5.74, 6) is -0.661. The number of aromatic nitrogens is 2. The van der Waals surface area contributed by atoms with Gasteiger partial charge in [-0.15, -0.1) is 0 Å². The lowest BCUT2D eigenvalue weighted by molar-refractivity contribution is 0.00339. The molecule has 182 valence electrons. The lowest BCUT2D eigenvalue weighted by atomic mass is 9.72. The second-order valence-corrected chi connectivity index (χ2v) is 10.1. The molecule has 2 aromatic carbocycles. The van der Waals surface area contributed by atoms with Crippen LogP contribution < -0.4 is 4.74 Å². The summed E-state index contributed by atoms with van der Waals surface area (Å²) in [6.45, 7) is 2.54. The molecule has 2 aromatic heterocycles. The highest BCUT2D eigenvalue weighted by Gasteiger charge is 2.42. The van der Waals surface area contributed by atoms with Gasteiger partial charge in [0.15, 0.2) is 0 Å².